The van der Waals surface area contributed by atoms with E-state index in [1.807, 2.05) is 6.92 Å². The van der Waals surface area contributed by atoms with Crippen LogP contribution in [0, 0.1) is 5.92 Å². The summed E-state index contributed by atoms with van der Waals surface area (Å²) in [6, 6.07) is 0. The standard InChI is InChI=1S/C13H26O4/c1-4-7-17-13(14)6-5-8-15-9-10-16-11-12(2)3/h12H,4-11H2,1-3H3. The normalized spacial score (nSPS) is 10.8. The second-order valence-corrected chi connectivity index (χ2v) is 4.41. The van der Waals surface area contributed by atoms with Crippen LogP contribution >= 0.6 is 0 Å². The van der Waals surface area contributed by atoms with Crippen LogP contribution < -0.4 is 0 Å². The molecule has 0 aromatic heterocycles. The Kier molecular flexibility index (Phi) is 11.4. The zero-order chi connectivity index (χ0) is 12.9. The number of esters is 1. The molecule has 0 amide bonds. The third-order valence-electron chi connectivity index (χ3n) is 1.96. The van der Waals surface area contributed by atoms with Gasteiger partial charge in [0.2, 0.25) is 0 Å². The van der Waals surface area contributed by atoms with Gasteiger partial charge in [-0.05, 0) is 18.8 Å². The molecule has 0 spiro atoms. The first-order valence-electron chi connectivity index (χ1n) is 6.48. The van der Waals surface area contributed by atoms with Gasteiger partial charge in [0.15, 0.2) is 0 Å². The highest BCUT2D eigenvalue weighted by atomic mass is 16.5. The lowest BCUT2D eigenvalue weighted by Crippen LogP contribution is -2.10. The van der Waals surface area contributed by atoms with Crippen LogP contribution in [0.2, 0.25) is 0 Å². The molecule has 0 saturated heterocycles. The van der Waals surface area contributed by atoms with E-state index in [0.717, 1.165) is 13.0 Å². The minimum atomic E-state index is -0.133. The van der Waals surface area contributed by atoms with E-state index in [4.69, 9.17) is 14.2 Å². The SMILES string of the molecule is CCCOC(=O)CCCOCCOCC(C)C. The Morgan fingerprint density at radius 3 is 2.41 bits per heavy atom. The Balaban J connectivity index is 3.10. The van der Waals surface area contributed by atoms with Crippen molar-refractivity contribution in [3.8, 4) is 0 Å². The molecule has 0 unspecified atom stereocenters. The van der Waals surface area contributed by atoms with Gasteiger partial charge in [0, 0.05) is 19.6 Å². The van der Waals surface area contributed by atoms with Gasteiger partial charge in [-0.2, -0.15) is 0 Å². The van der Waals surface area contributed by atoms with Gasteiger partial charge in [0.05, 0.1) is 19.8 Å². The number of hydrogen-bond donors (Lipinski definition) is 0. The average molecular weight is 246 g/mol. The van der Waals surface area contributed by atoms with E-state index < -0.39 is 0 Å². The number of carbonyl (C=O) groups excluding carboxylic acids is 1. The fourth-order valence-electron chi connectivity index (χ4n) is 1.15. The molecule has 0 aliphatic heterocycles. The van der Waals surface area contributed by atoms with E-state index in [0.29, 0.717) is 45.2 Å². The molecule has 0 atom stereocenters. The van der Waals surface area contributed by atoms with E-state index in [9.17, 15) is 4.79 Å². The molecule has 0 N–H and O–H groups in total. The van der Waals surface area contributed by atoms with Crippen LogP contribution in [0.25, 0.3) is 0 Å². The minimum absolute atomic E-state index is 0.133. The highest BCUT2D eigenvalue weighted by Gasteiger charge is 2.01. The van der Waals surface area contributed by atoms with Crippen LogP contribution in [0.5, 0.6) is 0 Å². The summed E-state index contributed by atoms with van der Waals surface area (Å²) in [4.78, 5) is 11.1. The first kappa shape index (κ1) is 16.4. The van der Waals surface area contributed by atoms with Crippen molar-refractivity contribution in [3.63, 3.8) is 0 Å². The topological polar surface area (TPSA) is 44.8 Å². The lowest BCUT2D eigenvalue weighted by atomic mass is 10.2. The van der Waals surface area contributed by atoms with Crippen molar-refractivity contribution in [3.05, 3.63) is 0 Å². The maximum atomic E-state index is 11.1. The zero-order valence-electron chi connectivity index (χ0n) is 11.4. The predicted octanol–water partition coefficient (Wildman–Crippen LogP) is 2.41. The van der Waals surface area contributed by atoms with Crippen molar-refractivity contribution in [2.45, 2.75) is 40.0 Å². The Morgan fingerprint density at radius 1 is 1.06 bits per heavy atom. The van der Waals surface area contributed by atoms with Crippen LogP contribution in [0.1, 0.15) is 40.0 Å². The zero-order valence-corrected chi connectivity index (χ0v) is 11.4. The lowest BCUT2D eigenvalue weighted by molar-refractivity contribution is -0.144. The van der Waals surface area contributed by atoms with Crippen molar-refractivity contribution in [1.29, 1.82) is 0 Å². The number of hydrogen-bond acceptors (Lipinski definition) is 4. The summed E-state index contributed by atoms with van der Waals surface area (Å²) in [5.41, 5.74) is 0. The molecule has 0 heterocycles. The average Bonchev–Trinajstić information content (AvgIpc) is 2.29. The van der Waals surface area contributed by atoms with Crippen molar-refractivity contribution in [1.82, 2.24) is 0 Å². The van der Waals surface area contributed by atoms with Gasteiger partial charge in [0.25, 0.3) is 0 Å². The first-order chi connectivity index (χ1) is 8.16. The second-order valence-electron chi connectivity index (χ2n) is 4.41. The minimum Gasteiger partial charge on any atom is -0.466 e. The highest BCUT2D eigenvalue weighted by molar-refractivity contribution is 5.69. The Labute approximate surface area is 105 Å². The molecule has 0 rings (SSSR count). The maximum Gasteiger partial charge on any atom is 0.305 e. The summed E-state index contributed by atoms with van der Waals surface area (Å²) >= 11 is 0. The van der Waals surface area contributed by atoms with E-state index in [2.05, 4.69) is 13.8 Å². The fraction of sp³-hybridized carbons (Fsp3) is 0.923. The van der Waals surface area contributed by atoms with Gasteiger partial charge in [0.1, 0.15) is 0 Å². The molecule has 0 bridgehead atoms. The summed E-state index contributed by atoms with van der Waals surface area (Å²) in [5, 5.41) is 0. The van der Waals surface area contributed by atoms with Crippen LogP contribution in [0.4, 0.5) is 0 Å². The molecular weight excluding hydrogens is 220 g/mol. The predicted molar refractivity (Wildman–Crippen MR) is 67.0 cm³/mol. The van der Waals surface area contributed by atoms with E-state index >= 15 is 0 Å². The van der Waals surface area contributed by atoms with Gasteiger partial charge >= 0.3 is 5.97 Å². The quantitative estimate of drug-likeness (QED) is 0.415. The smallest absolute Gasteiger partial charge is 0.305 e. The fourth-order valence-corrected chi connectivity index (χ4v) is 1.15. The van der Waals surface area contributed by atoms with Crippen LogP contribution in [-0.2, 0) is 19.0 Å². The van der Waals surface area contributed by atoms with E-state index in [-0.39, 0.29) is 5.97 Å². The van der Waals surface area contributed by atoms with Gasteiger partial charge in [-0.1, -0.05) is 20.8 Å². The van der Waals surface area contributed by atoms with E-state index in [1.165, 1.54) is 0 Å². The van der Waals surface area contributed by atoms with Crippen molar-refractivity contribution >= 4 is 5.97 Å². The molecule has 0 saturated carbocycles. The summed E-state index contributed by atoms with van der Waals surface area (Å²) in [6.45, 7) is 9.30. The molecule has 0 fully saturated rings. The van der Waals surface area contributed by atoms with Gasteiger partial charge < -0.3 is 14.2 Å². The number of ether oxygens (including phenoxy) is 3. The summed E-state index contributed by atoms with van der Waals surface area (Å²) in [7, 11) is 0. The first-order valence-corrected chi connectivity index (χ1v) is 6.48. The van der Waals surface area contributed by atoms with Gasteiger partial charge in [-0.15, -0.1) is 0 Å². The van der Waals surface area contributed by atoms with Gasteiger partial charge in [-0.3, -0.25) is 4.79 Å². The van der Waals surface area contributed by atoms with Crippen molar-refractivity contribution < 1.29 is 19.0 Å². The second kappa shape index (κ2) is 11.9. The molecule has 4 nitrogen and oxygen atoms in total. The molecule has 0 aromatic carbocycles. The highest BCUT2D eigenvalue weighted by Crippen LogP contribution is 1.96. The van der Waals surface area contributed by atoms with E-state index in [1.54, 1.807) is 0 Å². The molecule has 102 valence electrons. The largest absolute Gasteiger partial charge is 0.466 e. The molecule has 0 aromatic rings. The Hall–Kier alpha value is -0.610. The Morgan fingerprint density at radius 2 is 1.76 bits per heavy atom. The van der Waals surface area contributed by atoms with Gasteiger partial charge in [-0.25, -0.2) is 0 Å². The molecule has 17 heavy (non-hydrogen) atoms. The van der Waals surface area contributed by atoms with Crippen molar-refractivity contribution in [2.75, 3.05) is 33.0 Å². The number of rotatable bonds is 11. The lowest BCUT2D eigenvalue weighted by Gasteiger charge is -2.07. The molecule has 0 aliphatic carbocycles. The summed E-state index contributed by atoms with van der Waals surface area (Å²) in [5.74, 6) is 0.426. The van der Waals surface area contributed by atoms with Crippen LogP contribution in [0.3, 0.4) is 0 Å². The summed E-state index contributed by atoms with van der Waals surface area (Å²) in [6.07, 6.45) is 2.02. The molecule has 4 heteroatoms. The van der Waals surface area contributed by atoms with Crippen LogP contribution in [0.15, 0.2) is 0 Å². The van der Waals surface area contributed by atoms with Crippen LogP contribution in [-0.4, -0.2) is 39.0 Å². The third kappa shape index (κ3) is 13.3. The van der Waals surface area contributed by atoms with Crippen molar-refractivity contribution in [2.24, 2.45) is 5.92 Å². The Bertz CT molecular complexity index is 180. The maximum absolute atomic E-state index is 11.1. The molecule has 0 radical (unpaired) electrons. The molecular formula is C13H26O4. The summed E-state index contributed by atoms with van der Waals surface area (Å²) < 4.78 is 15.6. The molecule has 0 aliphatic rings. The third-order valence-corrected chi connectivity index (χ3v) is 1.96. The number of carbonyl (C=O) groups is 1. The monoisotopic (exact) mass is 246 g/mol.